The third-order valence-corrected chi connectivity index (χ3v) is 2.90. The zero-order valence-corrected chi connectivity index (χ0v) is 11.0. The second-order valence-electron chi connectivity index (χ2n) is 5.41. The second kappa shape index (κ2) is 5.49. The molecular formula is C12H23N3O2. The maximum atomic E-state index is 12.0. The largest absolute Gasteiger partial charge is 0.341 e. The third-order valence-electron chi connectivity index (χ3n) is 2.90. The van der Waals surface area contributed by atoms with Crippen molar-refractivity contribution in [3.63, 3.8) is 0 Å². The molecule has 1 heterocycles. The molecule has 1 rings (SSSR count). The Morgan fingerprint density at radius 2 is 1.65 bits per heavy atom. The van der Waals surface area contributed by atoms with Crippen LogP contribution in [0.4, 0.5) is 0 Å². The van der Waals surface area contributed by atoms with E-state index in [-0.39, 0.29) is 11.8 Å². The van der Waals surface area contributed by atoms with Crippen molar-refractivity contribution in [3.8, 4) is 0 Å². The molecule has 0 spiro atoms. The van der Waals surface area contributed by atoms with Gasteiger partial charge in [0.2, 0.25) is 11.8 Å². The lowest BCUT2D eigenvalue weighted by Crippen LogP contribution is -2.42. The van der Waals surface area contributed by atoms with Crippen molar-refractivity contribution in [2.45, 2.75) is 39.2 Å². The van der Waals surface area contributed by atoms with E-state index in [1.165, 1.54) is 0 Å². The second-order valence-corrected chi connectivity index (χ2v) is 5.41. The van der Waals surface area contributed by atoms with Crippen LogP contribution in [0.5, 0.6) is 0 Å². The van der Waals surface area contributed by atoms with Crippen LogP contribution in [0.1, 0.15) is 33.6 Å². The van der Waals surface area contributed by atoms with E-state index in [2.05, 4.69) is 0 Å². The van der Waals surface area contributed by atoms with E-state index in [9.17, 15) is 9.59 Å². The highest BCUT2D eigenvalue weighted by molar-refractivity contribution is 5.77. The summed E-state index contributed by atoms with van der Waals surface area (Å²) in [6, 6.07) is 0. The maximum absolute atomic E-state index is 12.0. The van der Waals surface area contributed by atoms with Crippen molar-refractivity contribution in [2.24, 2.45) is 5.73 Å². The summed E-state index contributed by atoms with van der Waals surface area (Å²) in [7, 11) is 0. The molecule has 0 aromatic heterocycles. The van der Waals surface area contributed by atoms with E-state index in [0.29, 0.717) is 19.5 Å². The third kappa shape index (κ3) is 4.73. The molecule has 0 radical (unpaired) electrons. The van der Waals surface area contributed by atoms with Crippen LogP contribution in [0, 0.1) is 0 Å². The zero-order valence-electron chi connectivity index (χ0n) is 11.0. The first-order chi connectivity index (χ1) is 7.79. The Kier molecular flexibility index (Phi) is 4.51. The number of carbonyl (C=O) groups is 2. The van der Waals surface area contributed by atoms with E-state index in [0.717, 1.165) is 19.5 Å². The Balaban J connectivity index is 2.51. The summed E-state index contributed by atoms with van der Waals surface area (Å²) in [5.74, 6) is 0.168. The van der Waals surface area contributed by atoms with Gasteiger partial charge in [-0.3, -0.25) is 9.59 Å². The Morgan fingerprint density at radius 3 is 2.18 bits per heavy atom. The molecule has 17 heavy (non-hydrogen) atoms. The first-order valence-corrected chi connectivity index (χ1v) is 6.12. The minimum absolute atomic E-state index is 0.0819. The van der Waals surface area contributed by atoms with E-state index in [4.69, 9.17) is 5.73 Å². The molecule has 98 valence electrons. The van der Waals surface area contributed by atoms with E-state index in [1.54, 1.807) is 11.8 Å². The molecule has 0 unspecified atom stereocenters. The van der Waals surface area contributed by atoms with Gasteiger partial charge in [-0.15, -0.1) is 0 Å². The smallest absolute Gasteiger partial charge is 0.224 e. The molecule has 1 aliphatic rings. The van der Waals surface area contributed by atoms with Gasteiger partial charge in [0.25, 0.3) is 0 Å². The van der Waals surface area contributed by atoms with Gasteiger partial charge in [-0.2, -0.15) is 0 Å². The Morgan fingerprint density at radius 1 is 1.12 bits per heavy atom. The molecule has 0 aromatic carbocycles. The average Bonchev–Trinajstić information content (AvgIpc) is 2.39. The number of nitrogens with two attached hydrogens (primary N) is 1. The van der Waals surface area contributed by atoms with Gasteiger partial charge in [-0.05, 0) is 20.3 Å². The SMILES string of the molecule is CC(=O)N1CCCN(C(=O)CC(C)(C)N)CC1. The van der Waals surface area contributed by atoms with Crippen molar-refractivity contribution in [1.82, 2.24) is 9.80 Å². The molecule has 5 heteroatoms. The van der Waals surface area contributed by atoms with Crippen LogP contribution >= 0.6 is 0 Å². The van der Waals surface area contributed by atoms with Crippen molar-refractivity contribution in [1.29, 1.82) is 0 Å². The summed E-state index contributed by atoms with van der Waals surface area (Å²) >= 11 is 0. The highest BCUT2D eigenvalue weighted by atomic mass is 16.2. The highest BCUT2D eigenvalue weighted by Gasteiger charge is 2.24. The van der Waals surface area contributed by atoms with Gasteiger partial charge >= 0.3 is 0 Å². The molecule has 0 bridgehead atoms. The van der Waals surface area contributed by atoms with E-state index < -0.39 is 5.54 Å². The lowest BCUT2D eigenvalue weighted by atomic mass is 10.0. The molecular weight excluding hydrogens is 218 g/mol. The van der Waals surface area contributed by atoms with Gasteiger partial charge in [0.15, 0.2) is 0 Å². The summed E-state index contributed by atoms with van der Waals surface area (Å²) in [4.78, 5) is 26.9. The monoisotopic (exact) mass is 241 g/mol. The number of hydrogen-bond donors (Lipinski definition) is 1. The zero-order chi connectivity index (χ0) is 13.1. The summed E-state index contributed by atoms with van der Waals surface area (Å²) in [6.07, 6.45) is 1.20. The Labute approximate surface area is 103 Å². The minimum Gasteiger partial charge on any atom is -0.341 e. The maximum Gasteiger partial charge on any atom is 0.224 e. The van der Waals surface area contributed by atoms with E-state index >= 15 is 0 Å². The van der Waals surface area contributed by atoms with Crippen LogP contribution in [-0.2, 0) is 9.59 Å². The average molecular weight is 241 g/mol. The molecule has 1 aliphatic heterocycles. The van der Waals surface area contributed by atoms with Gasteiger partial charge < -0.3 is 15.5 Å². The van der Waals surface area contributed by atoms with Crippen LogP contribution in [0.2, 0.25) is 0 Å². The van der Waals surface area contributed by atoms with Gasteiger partial charge in [0.1, 0.15) is 0 Å². The molecule has 1 saturated heterocycles. The van der Waals surface area contributed by atoms with Crippen molar-refractivity contribution < 1.29 is 9.59 Å². The fraction of sp³-hybridized carbons (Fsp3) is 0.833. The number of carbonyl (C=O) groups excluding carboxylic acids is 2. The van der Waals surface area contributed by atoms with Crippen molar-refractivity contribution >= 4 is 11.8 Å². The Bertz CT molecular complexity index is 297. The van der Waals surface area contributed by atoms with Crippen LogP contribution in [0.3, 0.4) is 0 Å². The minimum atomic E-state index is -0.469. The van der Waals surface area contributed by atoms with Crippen LogP contribution in [0.15, 0.2) is 0 Å². The van der Waals surface area contributed by atoms with Gasteiger partial charge in [-0.25, -0.2) is 0 Å². The fourth-order valence-electron chi connectivity index (χ4n) is 1.98. The molecule has 0 saturated carbocycles. The first-order valence-electron chi connectivity index (χ1n) is 6.12. The fourth-order valence-corrected chi connectivity index (χ4v) is 1.98. The summed E-state index contributed by atoms with van der Waals surface area (Å²) in [5, 5.41) is 0. The molecule has 2 N–H and O–H groups in total. The number of rotatable bonds is 2. The normalized spacial score (nSPS) is 17.9. The highest BCUT2D eigenvalue weighted by Crippen LogP contribution is 2.10. The summed E-state index contributed by atoms with van der Waals surface area (Å²) < 4.78 is 0. The quantitative estimate of drug-likeness (QED) is 0.750. The van der Waals surface area contributed by atoms with Crippen molar-refractivity contribution in [3.05, 3.63) is 0 Å². The van der Waals surface area contributed by atoms with Crippen LogP contribution in [0.25, 0.3) is 0 Å². The Hall–Kier alpha value is -1.10. The standard InChI is InChI=1S/C12H23N3O2/c1-10(16)14-5-4-6-15(8-7-14)11(17)9-12(2,3)13/h4-9,13H2,1-3H3. The van der Waals surface area contributed by atoms with Gasteiger partial charge in [0, 0.05) is 45.1 Å². The van der Waals surface area contributed by atoms with Crippen LogP contribution in [-0.4, -0.2) is 53.3 Å². The predicted octanol–water partition coefficient (Wildman–Crippen LogP) is 0.195. The number of amides is 2. The van der Waals surface area contributed by atoms with E-state index in [1.807, 2.05) is 18.7 Å². The van der Waals surface area contributed by atoms with Gasteiger partial charge in [0.05, 0.1) is 0 Å². The summed E-state index contributed by atoms with van der Waals surface area (Å²) in [5.41, 5.74) is 5.38. The molecule has 0 atom stereocenters. The van der Waals surface area contributed by atoms with Crippen LogP contribution < -0.4 is 5.73 Å². The predicted molar refractivity (Wildman–Crippen MR) is 66.3 cm³/mol. The summed E-state index contributed by atoms with van der Waals surface area (Å²) in [6.45, 7) is 7.99. The molecule has 0 aromatic rings. The molecule has 0 aliphatic carbocycles. The van der Waals surface area contributed by atoms with Gasteiger partial charge in [-0.1, -0.05) is 0 Å². The molecule has 1 fully saturated rings. The first kappa shape index (κ1) is 14.0. The molecule has 5 nitrogen and oxygen atoms in total. The molecule has 2 amide bonds. The number of nitrogens with zero attached hydrogens (tertiary/aromatic N) is 2. The number of hydrogen-bond acceptors (Lipinski definition) is 3. The lowest BCUT2D eigenvalue weighted by molar-refractivity contribution is -0.133. The topological polar surface area (TPSA) is 66.6 Å². The van der Waals surface area contributed by atoms with Crippen molar-refractivity contribution in [2.75, 3.05) is 26.2 Å². The lowest BCUT2D eigenvalue weighted by Gasteiger charge is -2.25.